The van der Waals surface area contributed by atoms with E-state index < -0.39 is 13.9 Å². The molecular formula is C17H28N2OSi. The highest BCUT2D eigenvalue weighted by Crippen LogP contribution is 2.43. The molecule has 116 valence electrons. The lowest BCUT2D eigenvalue weighted by Gasteiger charge is -2.44. The molecule has 0 saturated carbocycles. The van der Waals surface area contributed by atoms with Gasteiger partial charge < -0.3 is 9.33 Å². The molecule has 0 bridgehead atoms. The van der Waals surface area contributed by atoms with Gasteiger partial charge in [-0.3, -0.25) is 0 Å². The number of hydrogen-bond donors (Lipinski definition) is 0. The first kappa shape index (κ1) is 16.3. The summed E-state index contributed by atoms with van der Waals surface area (Å²) < 4.78 is 6.50. The van der Waals surface area contributed by atoms with E-state index in [1.54, 1.807) is 0 Å². The molecule has 1 unspecified atom stereocenters. The van der Waals surface area contributed by atoms with E-state index in [9.17, 15) is 5.26 Å². The Morgan fingerprint density at radius 1 is 1.38 bits per heavy atom. The minimum absolute atomic E-state index is 0.114. The monoisotopic (exact) mass is 304 g/mol. The second kappa shape index (κ2) is 5.30. The van der Waals surface area contributed by atoms with Crippen molar-refractivity contribution in [2.24, 2.45) is 0 Å². The number of allylic oxidation sites excluding steroid dienone is 1. The molecule has 1 aliphatic heterocycles. The number of hydrogen-bond acceptors (Lipinski definition) is 3. The Morgan fingerprint density at radius 2 is 2.05 bits per heavy atom. The largest absolute Gasteiger partial charge is 0.396 e. The fraction of sp³-hybridized carbons (Fsp3) is 0.706. The first-order valence-corrected chi connectivity index (χ1v) is 10.7. The van der Waals surface area contributed by atoms with E-state index in [4.69, 9.17) is 4.43 Å². The van der Waals surface area contributed by atoms with Gasteiger partial charge in [-0.15, -0.1) is 0 Å². The first-order valence-electron chi connectivity index (χ1n) is 7.84. The van der Waals surface area contributed by atoms with Crippen LogP contribution >= 0.6 is 0 Å². The van der Waals surface area contributed by atoms with Crippen LogP contribution in [-0.4, -0.2) is 32.4 Å². The lowest BCUT2D eigenvalue weighted by Crippen LogP contribution is -2.49. The zero-order valence-electron chi connectivity index (χ0n) is 14.3. The molecule has 2 aliphatic rings. The van der Waals surface area contributed by atoms with Gasteiger partial charge in [-0.05, 0) is 48.7 Å². The van der Waals surface area contributed by atoms with Crippen molar-refractivity contribution >= 4 is 8.32 Å². The molecule has 0 aromatic heterocycles. The third kappa shape index (κ3) is 3.09. The van der Waals surface area contributed by atoms with E-state index >= 15 is 0 Å². The van der Waals surface area contributed by atoms with Crippen LogP contribution in [0.25, 0.3) is 0 Å². The Hall–Kier alpha value is -1.05. The van der Waals surface area contributed by atoms with E-state index in [0.717, 1.165) is 19.4 Å². The summed E-state index contributed by atoms with van der Waals surface area (Å²) in [7, 11) is 0.163. The molecular weight excluding hydrogens is 276 g/mol. The molecule has 2 rings (SSSR count). The van der Waals surface area contributed by atoms with Crippen molar-refractivity contribution in [3.8, 4) is 6.07 Å². The molecule has 4 heteroatoms. The predicted octanol–water partition coefficient (Wildman–Crippen LogP) is 4.21. The summed E-state index contributed by atoms with van der Waals surface area (Å²) in [4.78, 5) is 2.29. The maximum Gasteiger partial charge on any atom is 0.194 e. The number of nitrogens with zero attached hydrogens (tertiary/aromatic N) is 2. The number of likely N-dealkylation sites (N-methyl/N-ethyl adjacent to an activating group) is 1. The Balaban J connectivity index is 2.27. The minimum Gasteiger partial charge on any atom is -0.396 e. The van der Waals surface area contributed by atoms with Crippen LogP contribution in [-0.2, 0) is 4.43 Å². The van der Waals surface area contributed by atoms with Gasteiger partial charge in [-0.25, -0.2) is 0 Å². The summed E-state index contributed by atoms with van der Waals surface area (Å²) in [5, 5.41) is 9.90. The van der Waals surface area contributed by atoms with Crippen LogP contribution in [0.1, 0.15) is 40.0 Å². The molecule has 1 heterocycles. The second-order valence-corrected chi connectivity index (χ2v) is 12.6. The summed E-state index contributed by atoms with van der Waals surface area (Å²) in [6.45, 7) is 12.2. The van der Waals surface area contributed by atoms with Crippen molar-refractivity contribution in [1.82, 2.24) is 4.90 Å². The van der Waals surface area contributed by atoms with Gasteiger partial charge in [-0.1, -0.05) is 20.8 Å². The van der Waals surface area contributed by atoms with Crippen molar-refractivity contribution in [2.75, 3.05) is 13.6 Å². The number of nitriles is 1. The van der Waals surface area contributed by atoms with E-state index in [2.05, 4.69) is 58.0 Å². The van der Waals surface area contributed by atoms with Crippen molar-refractivity contribution in [2.45, 2.75) is 63.8 Å². The molecule has 0 fully saturated rings. The van der Waals surface area contributed by atoms with Crippen LogP contribution in [0.15, 0.2) is 23.4 Å². The summed E-state index contributed by atoms with van der Waals surface area (Å²) in [5.74, 6) is 0. The van der Waals surface area contributed by atoms with E-state index in [1.807, 2.05) is 6.08 Å². The molecule has 1 atom stereocenters. The fourth-order valence-electron chi connectivity index (χ4n) is 2.84. The predicted molar refractivity (Wildman–Crippen MR) is 89.3 cm³/mol. The maximum atomic E-state index is 9.79. The number of rotatable bonds is 2. The smallest absolute Gasteiger partial charge is 0.194 e. The quantitative estimate of drug-likeness (QED) is 0.717. The summed E-state index contributed by atoms with van der Waals surface area (Å²) in [6, 6.07) is 2.47. The zero-order valence-corrected chi connectivity index (χ0v) is 15.3. The van der Waals surface area contributed by atoms with Crippen LogP contribution in [0.5, 0.6) is 0 Å². The summed E-state index contributed by atoms with van der Waals surface area (Å²) >= 11 is 0. The van der Waals surface area contributed by atoms with Gasteiger partial charge in [0, 0.05) is 25.7 Å². The Labute approximate surface area is 130 Å². The Morgan fingerprint density at radius 3 is 2.62 bits per heavy atom. The van der Waals surface area contributed by atoms with Gasteiger partial charge in [0.05, 0.1) is 0 Å². The molecule has 0 spiro atoms. The van der Waals surface area contributed by atoms with Crippen molar-refractivity contribution < 1.29 is 4.43 Å². The lowest BCUT2D eigenvalue weighted by atomic mass is 9.85. The lowest BCUT2D eigenvalue weighted by molar-refractivity contribution is 0.151. The first-order chi connectivity index (χ1) is 9.60. The summed E-state index contributed by atoms with van der Waals surface area (Å²) in [5.41, 5.74) is 1.91. The summed E-state index contributed by atoms with van der Waals surface area (Å²) in [6.07, 6.45) is 7.09. The van der Waals surface area contributed by atoms with Crippen LogP contribution in [0, 0.1) is 11.3 Å². The second-order valence-electron chi connectivity index (χ2n) is 7.89. The zero-order chi connectivity index (χ0) is 15.9. The maximum absolute atomic E-state index is 9.79. The average molecular weight is 305 g/mol. The van der Waals surface area contributed by atoms with Crippen LogP contribution in [0.3, 0.4) is 0 Å². The fourth-order valence-corrected chi connectivity index (χ4v) is 4.24. The average Bonchev–Trinajstić information content (AvgIpc) is 2.37. The van der Waals surface area contributed by atoms with Crippen molar-refractivity contribution in [3.05, 3.63) is 23.4 Å². The molecule has 21 heavy (non-hydrogen) atoms. The molecule has 0 aromatic rings. The highest BCUT2D eigenvalue weighted by Gasteiger charge is 2.45. The normalized spacial score (nSPS) is 26.6. The molecule has 3 nitrogen and oxygen atoms in total. The van der Waals surface area contributed by atoms with Gasteiger partial charge in [0.25, 0.3) is 0 Å². The van der Waals surface area contributed by atoms with Gasteiger partial charge in [0.2, 0.25) is 0 Å². The SMILES string of the molecule is CN1CCCC2=C1C=CC(C#N)(O[Si](C)(C)C(C)(C)C)C2. The molecule has 0 amide bonds. The van der Waals surface area contributed by atoms with Gasteiger partial charge in [0.15, 0.2) is 13.9 Å². The third-order valence-electron chi connectivity index (χ3n) is 5.16. The molecule has 0 radical (unpaired) electrons. The van der Waals surface area contributed by atoms with Gasteiger partial charge in [0.1, 0.15) is 6.07 Å². The molecule has 1 aliphatic carbocycles. The van der Waals surface area contributed by atoms with Crippen molar-refractivity contribution in [3.63, 3.8) is 0 Å². The van der Waals surface area contributed by atoms with Gasteiger partial charge >= 0.3 is 0 Å². The molecule has 0 aromatic carbocycles. The Bertz CT molecular complexity index is 522. The Kier molecular flexibility index (Phi) is 4.12. The standard InChI is InChI=1S/C17H28N2OSi/c1-16(2,3)21(5,6)20-17(13-18)10-9-15-14(12-17)8-7-11-19(15)4/h9-10H,7-8,11-12H2,1-6H3. The van der Waals surface area contributed by atoms with E-state index in [0.29, 0.717) is 0 Å². The van der Waals surface area contributed by atoms with Crippen LogP contribution in [0.2, 0.25) is 18.1 Å². The highest BCUT2D eigenvalue weighted by molar-refractivity contribution is 6.74. The highest BCUT2D eigenvalue weighted by atomic mass is 28.4. The topological polar surface area (TPSA) is 36.3 Å². The van der Waals surface area contributed by atoms with Crippen molar-refractivity contribution in [1.29, 1.82) is 5.26 Å². The van der Waals surface area contributed by atoms with E-state index in [-0.39, 0.29) is 5.04 Å². The molecule has 0 saturated heterocycles. The minimum atomic E-state index is -1.97. The van der Waals surface area contributed by atoms with Gasteiger partial charge in [-0.2, -0.15) is 5.26 Å². The van der Waals surface area contributed by atoms with Crippen LogP contribution in [0.4, 0.5) is 0 Å². The third-order valence-corrected chi connectivity index (χ3v) is 9.65. The molecule has 0 N–H and O–H groups in total. The van der Waals surface area contributed by atoms with Crippen LogP contribution < -0.4 is 0 Å². The van der Waals surface area contributed by atoms with E-state index in [1.165, 1.54) is 17.7 Å².